The Balaban J connectivity index is 3.06. The van der Waals surface area contributed by atoms with Crippen LogP contribution in [0.3, 0.4) is 0 Å². The van der Waals surface area contributed by atoms with Gasteiger partial charge in [-0.2, -0.15) is 0 Å². The van der Waals surface area contributed by atoms with Crippen LogP contribution in [0.2, 0.25) is 0 Å². The van der Waals surface area contributed by atoms with Gasteiger partial charge in [-0.05, 0) is 32.1 Å². The smallest absolute Gasteiger partial charge is 0.0316 e. The van der Waals surface area contributed by atoms with E-state index >= 15 is 0 Å². The maximum absolute atomic E-state index is 2.36. The summed E-state index contributed by atoms with van der Waals surface area (Å²) in [6.45, 7) is 4.46. The SMILES string of the molecule is CC/C=C/CC/C=C/CCCCCCCC. The second-order valence-corrected chi connectivity index (χ2v) is 4.48. The van der Waals surface area contributed by atoms with Gasteiger partial charge in [0.25, 0.3) is 0 Å². The van der Waals surface area contributed by atoms with Crippen LogP contribution in [0.25, 0.3) is 0 Å². The van der Waals surface area contributed by atoms with Crippen molar-refractivity contribution in [2.24, 2.45) is 0 Å². The summed E-state index contributed by atoms with van der Waals surface area (Å²) in [5.74, 6) is 0. The van der Waals surface area contributed by atoms with E-state index in [0.717, 1.165) is 0 Å². The van der Waals surface area contributed by atoms with Crippen LogP contribution >= 0.6 is 0 Å². The average Bonchev–Trinajstić information content (AvgIpc) is 2.31. The van der Waals surface area contributed by atoms with Gasteiger partial charge in [-0.3, -0.25) is 0 Å². The lowest BCUT2D eigenvalue weighted by Gasteiger charge is -1.97. The Morgan fingerprint density at radius 2 is 1.12 bits per heavy atom. The van der Waals surface area contributed by atoms with Gasteiger partial charge < -0.3 is 0 Å². The Kier molecular flexibility index (Phi) is 14.0. The van der Waals surface area contributed by atoms with Crippen molar-refractivity contribution in [3.05, 3.63) is 24.3 Å². The van der Waals surface area contributed by atoms with Gasteiger partial charge in [0.15, 0.2) is 0 Å². The molecule has 0 bridgehead atoms. The molecule has 0 heterocycles. The summed E-state index contributed by atoms with van der Waals surface area (Å²) in [6.07, 6.45) is 22.5. The molecule has 0 saturated carbocycles. The van der Waals surface area contributed by atoms with Crippen LogP contribution in [-0.2, 0) is 0 Å². The molecule has 0 aromatic carbocycles. The fraction of sp³-hybridized carbons (Fsp3) is 0.750. The van der Waals surface area contributed by atoms with E-state index in [4.69, 9.17) is 0 Å². The summed E-state index contributed by atoms with van der Waals surface area (Å²) in [4.78, 5) is 0. The summed E-state index contributed by atoms with van der Waals surface area (Å²) in [6, 6.07) is 0. The molecule has 0 amide bonds. The minimum atomic E-state index is 1.17. The third kappa shape index (κ3) is 13.5. The first-order valence-electron chi connectivity index (χ1n) is 7.21. The molecule has 0 radical (unpaired) electrons. The van der Waals surface area contributed by atoms with Gasteiger partial charge in [-0.25, -0.2) is 0 Å². The first kappa shape index (κ1) is 15.5. The average molecular weight is 222 g/mol. The quantitative estimate of drug-likeness (QED) is 0.295. The molecule has 0 aliphatic rings. The highest BCUT2D eigenvalue weighted by Gasteiger charge is 1.87. The van der Waals surface area contributed by atoms with Crippen molar-refractivity contribution < 1.29 is 0 Å². The molecule has 0 spiro atoms. The van der Waals surface area contributed by atoms with E-state index in [0.29, 0.717) is 0 Å². The van der Waals surface area contributed by atoms with Gasteiger partial charge in [-0.1, -0.05) is 70.3 Å². The molecule has 0 aliphatic heterocycles. The first-order chi connectivity index (χ1) is 7.91. The van der Waals surface area contributed by atoms with E-state index in [9.17, 15) is 0 Å². The van der Waals surface area contributed by atoms with E-state index in [1.807, 2.05) is 0 Å². The molecule has 0 nitrogen and oxygen atoms in total. The molecule has 94 valence electrons. The highest BCUT2D eigenvalue weighted by atomic mass is 13.9. The first-order valence-corrected chi connectivity index (χ1v) is 7.21. The second kappa shape index (κ2) is 14.5. The fourth-order valence-electron chi connectivity index (χ4n) is 1.76. The Morgan fingerprint density at radius 3 is 1.81 bits per heavy atom. The Morgan fingerprint density at radius 1 is 0.562 bits per heavy atom. The van der Waals surface area contributed by atoms with Crippen molar-refractivity contribution in [2.75, 3.05) is 0 Å². The monoisotopic (exact) mass is 222 g/mol. The Labute approximate surface area is 103 Å². The summed E-state index contributed by atoms with van der Waals surface area (Å²) in [5, 5.41) is 0. The number of unbranched alkanes of at least 4 members (excludes halogenated alkanes) is 7. The van der Waals surface area contributed by atoms with Gasteiger partial charge in [0.2, 0.25) is 0 Å². The Bertz CT molecular complexity index is 165. The topological polar surface area (TPSA) is 0 Å². The minimum absolute atomic E-state index is 1.17. The van der Waals surface area contributed by atoms with E-state index < -0.39 is 0 Å². The van der Waals surface area contributed by atoms with Gasteiger partial charge in [0.1, 0.15) is 0 Å². The minimum Gasteiger partial charge on any atom is -0.0888 e. The third-order valence-electron chi connectivity index (χ3n) is 2.79. The predicted octanol–water partition coefficient (Wildman–Crippen LogP) is 6.04. The van der Waals surface area contributed by atoms with Gasteiger partial charge in [-0.15, -0.1) is 0 Å². The standard InChI is InChI=1S/C16H30/c1-3-5-7-9-11-13-15-16-14-12-10-8-6-4-2/h5,7,13,15H,3-4,6,8-12,14,16H2,1-2H3/b7-5+,15-13+. The fourth-order valence-corrected chi connectivity index (χ4v) is 1.76. The van der Waals surface area contributed by atoms with Crippen LogP contribution in [0.1, 0.15) is 78.1 Å². The summed E-state index contributed by atoms with van der Waals surface area (Å²) in [5.41, 5.74) is 0. The lowest BCUT2D eigenvalue weighted by atomic mass is 10.1. The van der Waals surface area contributed by atoms with E-state index in [-0.39, 0.29) is 0 Å². The molecule has 0 aliphatic carbocycles. The van der Waals surface area contributed by atoms with Gasteiger partial charge in [0.05, 0.1) is 0 Å². The number of hydrogen-bond acceptors (Lipinski definition) is 0. The molecule has 0 atom stereocenters. The molecular formula is C16H30. The van der Waals surface area contributed by atoms with Crippen LogP contribution in [0.15, 0.2) is 24.3 Å². The molecule has 0 N–H and O–H groups in total. The molecule has 16 heavy (non-hydrogen) atoms. The summed E-state index contributed by atoms with van der Waals surface area (Å²) >= 11 is 0. The van der Waals surface area contributed by atoms with Crippen LogP contribution < -0.4 is 0 Å². The maximum Gasteiger partial charge on any atom is -0.0316 e. The van der Waals surface area contributed by atoms with Crippen molar-refractivity contribution in [1.29, 1.82) is 0 Å². The molecule has 0 rings (SSSR count). The van der Waals surface area contributed by atoms with Crippen LogP contribution in [0, 0.1) is 0 Å². The summed E-state index contributed by atoms with van der Waals surface area (Å²) in [7, 11) is 0. The zero-order chi connectivity index (χ0) is 11.9. The Hall–Kier alpha value is -0.520. The van der Waals surface area contributed by atoms with Crippen molar-refractivity contribution in [2.45, 2.75) is 78.1 Å². The van der Waals surface area contributed by atoms with Crippen molar-refractivity contribution in [3.8, 4) is 0 Å². The van der Waals surface area contributed by atoms with E-state index in [1.54, 1.807) is 0 Å². The third-order valence-corrected chi connectivity index (χ3v) is 2.79. The van der Waals surface area contributed by atoms with E-state index in [2.05, 4.69) is 38.2 Å². The largest absolute Gasteiger partial charge is 0.0888 e. The predicted molar refractivity (Wildman–Crippen MR) is 75.8 cm³/mol. The van der Waals surface area contributed by atoms with Gasteiger partial charge >= 0.3 is 0 Å². The van der Waals surface area contributed by atoms with Crippen molar-refractivity contribution in [3.63, 3.8) is 0 Å². The van der Waals surface area contributed by atoms with Crippen molar-refractivity contribution >= 4 is 0 Å². The zero-order valence-corrected chi connectivity index (χ0v) is 11.4. The molecule has 0 aromatic heterocycles. The lowest BCUT2D eigenvalue weighted by molar-refractivity contribution is 0.611. The normalized spacial score (nSPS) is 11.9. The molecule has 0 fully saturated rings. The number of hydrogen-bond donors (Lipinski definition) is 0. The van der Waals surface area contributed by atoms with Crippen molar-refractivity contribution in [1.82, 2.24) is 0 Å². The van der Waals surface area contributed by atoms with Crippen LogP contribution in [0.5, 0.6) is 0 Å². The van der Waals surface area contributed by atoms with E-state index in [1.165, 1.54) is 64.2 Å². The van der Waals surface area contributed by atoms with Crippen LogP contribution in [-0.4, -0.2) is 0 Å². The number of rotatable bonds is 11. The zero-order valence-electron chi connectivity index (χ0n) is 11.4. The lowest BCUT2D eigenvalue weighted by Crippen LogP contribution is -1.77. The molecular weight excluding hydrogens is 192 g/mol. The molecule has 0 saturated heterocycles. The molecule has 0 aromatic rings. The van der Waals surface area contributed by atoms with Crippen LogP contribution in [0.4, 0.5) is 0 Å². The summed E-state index contributed by atoms with van der Waals surface area (Å²) < 4.78 is 0. The maximum atomic E-state index is 2.36. The highest BCUT2D eigenvalue weighted by molar-refractivity contribution is 4.87. The molecule has 0 heteroatoms. The number of allylic oxidation sites excluding steroid dienone is 4. The second-order valence-electron chi connectivity index (χ2n) is 4.48. The molecule has 0 unspecified atom stereocenters. The van der Waals surface area contributed by atoms with Gasteiger partial charge in [0, 0.05) is 0 Å². The highest BCUT2D eigenvalue weighted by Crippen LogP contribution is 2.07.